The van der Waals surface area contributed by atoms with E-state index < -0.39 is 0 Å². The molecule has 0 spiro atoms. The van der Waals surface area contributed by atoms with Crippen molar-refractivity contribution < 1.29 is 9.53 Å². The lowest BCUT2D eigenvalue weighted by molar-refractivity contribution is -0.127. The van der Waals surface area contributed by atoms with E-state index in [1.807, 2.05) is 0 Å². The van der Waals surface area contributed by atoms with E-state index in [1.54, 1.807) is 19.0 Å². The van der Waals surface area contributed by atoms with E-state index in [9.17, 15) is 4.79 Å². The molecule has 0 bridgehead atoms. The van der Waals surface area contributed by atoms with Crippen LogP contribution in [-0.4, -0.2) is 87.2 Å². The maximum atomic E-state index is 11.9. The van der Waals surface area contributed by atoms with E-state index in [2.05, 4.69) is 34.4 Å². The van der Waals surface area contributed by atoms with Crippen molar-refractivity contribution in [1.29, 1.82) is 0 Å². The van der Waals surface area contributed by atoms with Crippen molar-refractivity contribution in [3.63, 3.8) is 0 Å². The Labute approximate surface area is 164 Å². The lowest BCUT2D eigenvalue weighted by Crippen LogP contribution is -2.48. The molecule has 0 aliphatic carbocycles. The Balaban J connectivity index is 1.87. The second-order valence-corrected chi connectivity index (χ2v) is 8.39. The van der Waals surface area contributed by atoms with Gasteiger partial charge in [0, 0.05) is 46.4 Å². The second kappa shape index (κ2) is 11.5. The van der Waals surface area contributed by atoms with Crippen molar-refractivity contribution in [2.45, 2.75) is 58.1 Å². The number of ether oxygens (including phenoxy) is 1. The minimum atomic E-state index is 0.00678. The molecular weight excluding hydrogens is 342 g/mol. The molecule has 156 valence electrons. The molecule has 7 nitrogen and oxygen atoms in total. The molecule has 2 aliphatic heterocycles. The van der Waals surface area contributed by atoms with Gasteiger partial charge >= 0.3 is 0 Å². The lowest BCUT2D eigenvalue weighted by Gasteiger charge is -2.28. The maximum absolute atomic E-state index is 11.9. The molecule has 0 radical (unpaired) electrons. The Hall–Kier alpha value is -1.34. The van der Waals surface area contributed by atoms with Gasteiger partial charge < -0.3 is 20.3 Å². The fourth-order valence-corrected chi connectivity index (χ4v) is 3.69. The summed E-state index contributed by atoms with van der Waals surface area (Å²) in [5, 5.41) is 6.86. The number of likely N-dealkylation sites (tertiary alicyclic amines) is 1. The first-order valence-electron chi connectivity index (χ1n) is 10.5. The van der Waals surface area contributed by atoms with Gasteiger partial charge in [0.25, 0.3) is 0 Å². The Morgan fingerprint density at radius 2 is 1.96 bits per heavy atom. The number of nitrogens with zero attached hydrogens (tertiary/aromatic N) is 3. The molecular formula is C20H39N5O2. The number of aliphatic imine (C=N–C) groups is 1. The topological polar surface area (TPSA) is 69.2 Å². The summed E-state index contributed by atoms with van der Waals surface area (Å²) in [5.74, 6) is 1.40. The van der Waals surface area contributed by atoms with Gasteiger partial charge in [-0.1, -0.05) is 13.8 Å². The number of amides is 1. The van der Waals surface area contributed by atoms with Gasteiger partial charge in [-0.05, 0) is 44.6 Å². The first kappa shape index (κ1) is 22.0. The summed E-state index contributed by atoms with van der Waals surface area (Å²) in [4.78, 5) is 20.6. The smallest absolute Gasteiger partial charge is 0.243 e. The summed E-state index contributed by atoms with van der Waals surface area (Å²) in [5.41, 5.74) is 0. The van der Waals surface area contributed by atoms with Crippen LogP contribution in [0.2, 0.25) is 0 Å². The van der Waals surface area contributed by atoms with Crippen LogP contribution in [0.25, 0.3) is 0 Å². The highest BCUT2D eigenvalue weighted by atomic mass is 16.5. The molecule has 2 atom stereocenters. The van der Waals surface area contributed by atoms with Crippen LogP contribution in [0.3, 0.4) is 0 Å². The molecule has 2 N–H and O–H groups in total. The minimum Gasteiger partial charge on any atom is -0.376 e. The molecule has 0 aromatic rings. The Kier molecular flexibility index (Phi) is 9.34. The fourth-order valence-electron chi connectivity index (χ4n) is 3.69. The summed E-state index contributed by atoms with van der Waals surface area (Å²) >= 11 is 0. The Morgan fingerprint density at radius 3 is 2.63 bits per heavy atom. The zero-order chi connectivity index (χ0) is 19.6. The third kappa shape index (κ3) is 8.05. The summed E-state index contributed by atoms with van der Waals surface area (Å²) < 4.78 is 5.80. The third-order valence-corrected chi connectivity index (χ3v) is 5.25. The second-order valence-electron chi connectivity index (χ2n) is 8.39. The average molecular weight is 382 g/mol. The first-order valence-corrected chi connectivity index (χ1v) is 10.5. The zero-order valence-electron chi connectivity index (χ0n) is 17.7. The number of hydrogen-bond acceptors (Lipinski definition) is 4. The van der Waals surface area contributed by atoms with E-state index in [-0.39, 0.29) is 18.6 Å². The SMILES string of the molecule is CC(C)CN1CCC[C@@H]1CNC(=NCC(=O)N(C)C)NCC1CCCCO1. The number of nitrogens with one attached hydrogen (secondary N) is 2. The van der Waals surface area contributed by atoms with E-state index in [0.717, 1.165) is 45.0 Å². The van der Waals surface area contributed by atoms with Crippen LogP contribution in [0.15, 0.2) is 4.99 Å². The maximum Gasteiger partial charge on any atom is 0.243 e. The first-order chi connectivity index (χ1) is 13.0. The van der Waals surface area contributed by atoms with Crippen molar-refractivity contribution in [3.8, 4) is 0 Å². The van der Waals surface area contributed by atoms with E-state index in [4.69, 9.17) is 4.74 Å². The lowest BCUT2D eigenvalue weighted by atomic mass is 10.1. The molecule has 2 saturated heterocycles. The summed E-state index contributed by atoms with van der Waals surface area (Å²) in [7, 11) is 3.52. The predicted molar refractivity (Wildman–Crippen MR) is 110 cm³/mol. The van der Waals surface area contributed by atoms with Crippen molar-refractivity contribution in [3.05, 3.63) is 0 Å². The molecule has 2 fully saturated rings. The van der Waals surface area contributed by atoms with Gasteiger partial charge in [-0.15, -0.1) is 0 Å². The number of carbonyl (C=O) groups is 1. The Morgan fingerprint density at radius 1 is 1.19 bits per heavy atom. The van der Waals surface area contributed by atoms with E-state index >= 15 is 0 Å². The van der Waals surface area contributed by atoms with Crippen molar-refractivity contribution in [2.75, 3.05) is 53.4 Å². The van der Waals surface area contributed by atoms with Gasteiger partial charge in [0.05, 0.1) is 6.10 Å². The number of hydrogen-bond donors (Lipinski definition) is 2. The molecule has 0 aromatic heterocycles. The zero-order valence-corrected chi connectivity index (χ0v) is 17.7. The van der Waals surface area contributed by atoms with Crippen molar-refractivity contribution in [1.82, 2.24) is 20.4 Å². The monoisotopic (exact) mass is 381 g/mol. The van der Waals surface area contributed by atoms with Crippen LogP contribution in [0, 0.1) is 5.92 Å². The quantitative estimate of drug-likeness (QED) is 0.490. The normalized spacial score (nSPS) is 24.3. The number of rotatable bonds is 8. The van der Waals surface area contributed by atoms with Crippen LogP contribution in [0.4, 0.5) is 0 Å². The average Bonchev–Trinajstić information content (AvgIpc) is 3.07. The van der Waals surface area contributed by atoms with Gasteiger partial charge in [-0.3, -0.25) is 9.69 Å². The Bertz CT molecular complexity index is 475. The van der Waals surface area contributed by atoms with Crippen LogP contribution in [-0.2, 0) is 9.53 Å². The minimum absolute atomic E-state index is 0.00678. The standard InChI is InChI=1S/C20H39N5O2/c1-16(2)15-25-10-7-8-17(25)12-21-20(23-14-19(26)24(3)4)22-13-18-9-5-6-11-27-18/h16-18H,5-15H2,1-4H3,(H2,21,22,23)/t17-,18?/m1/s1. The molecule has 0 aromatic carbocycles. The third-order valence-electron chi connectivity index (χ3n) is 5.25. The molecule has 2 rings (SSSR count). The highest BCUT2D eigenvalue weighted by molar-refractivity contribution is 5.84. The molecule has 27 heavy (non-hydrogen) atoms. The van der Waals surface area contributed by atoms with E-state index in [1.165, 1.54) is 25.8 Å². The number of carbonyl (C=O) groups excluding carboxylic acids is 1. The van der Waals surface area contributed by atoms with Crippen molar-refractivity contribution >= 4 is 11.9 Å². The largest absolute Gasteiger partial charge is 0.376 e. The van der Waals surface area contributed by atoms with Crippen LogP contribution in [0.5, 0.6) is 0 Å². The molecule has 0 saturated carbocycles. The van der Waals surface area contributed by atoms with Gasteiger partial charge in [0.15, 0.2) is 5.96 Å². The summed E-state index contributed by atoms with van der Waals surface area (Å²) in [6.45, 7) is 9.47. The van der Waals surface area contributed by atoms with Crippen LogP contribution >= 0.6 is 0 Å². The van der Waals surface area contributed by atoms with Gasteiger partial charge in [0.2, 0.25) is 5.91 Å². The van der Waals surface area contributed by atoms with Gasteiger partial charge in [-0.25, -0.2) is 4.99 Å². The molecule has 7 heteroatoms. The van der Waals surface area contributed by atoms with E-state index in [0.29, 0.717) is 12.0 Å². The molecule has 1 amide bonds. The number of likely N-dealkylation sites (N-methyl/N-ethyl adjacent to an activating group) is 1. The molecule has 2 aliphatic rings. The van der Waals surface area contributed by atoms with Gasteiger partial charge in [0.1, 0.15) is 6.54 Å². The highest BCUT2D eigenvalue weighted by Gasteiger charge is 2.25. The molecule has 2 heterocycles. The number of guanidine groups is 1. The fraction of sp³-hybridized carbons (Fsp3) is 0.900. The van der Waals surface area contributed by atoms with Crippen LogP contribution in [0.1, 0.15) is 46.0 Å². The molecule has 1 unspecified atom stereocenters. The predicted octanol–water partition coefficient (Wildman–Crippen LogP) is 1.30. The summed E-state index contributed by atoms with van der Waals surface area (Å²) in [6, 6.07) is 0.537. The van der Waals surface area contributed by atoms with Crippen molar-refractivity contribution in [2.24, 2.45) is 10.9 Å². The van der Waals surface area contributed by atoms with Gasteiger partial charge in [-0.2, -0.15) is 0 Å². The summed E-state index contributed by atoms with van der Waals surface area (Å²) in [6.07, 6.45) is 6.17. The van der Waals surface area contributed by atoms with Crippen LogP contribution < -0.4 is 10.6 Å². The highest BCUT2D eigenvalue weighted by Crippen LogP contribution is 2.18.